The smallest absolute Gasteiger partial charge is 0.125 e. The second kappa shape index (κ2) is 5.19. The number of halogens is 1. The predicted octanol–water partition coefficient (Wildman–Crippen LogP) is 3.23. The van der Waals surface area contributed by atoms with Crippen molar-refractivity contribution in [1.82, 2.24) is 5.32 Å². The molecule has 2 heterocycles. The zero-order valence-corrected chi connectivity index (χ0v) is 11.9. The number of hydrogen-bond acceptors (Lipinski definition) is 3. The van der Waals surface area contributed by atoms with E-state index in [1.54, 1.807) is 6.07 Å². The van der Waals surface area contributed by atoms with E-state index in [1.807, 2.05) is 12.3 Å². The second-order valence-electron chi connectivity index (χ2n) is 6.02. The minimum absolute atomic E-state index is 0.172. The monoisotopic (exact) mass is 286 g/mol. The maximum Gasteiger partial charge on any atom is 0.125 e. The lowest BCUT2D eigenvalue weighted by Gasteiger charge is -2.17. The molecule has 3 nitrogen and oxygen atoms in total. The molecule has 2 aromatic rings. The molecule has 0 radical (unpaired) electrons. The predicted molar refractivity (Wildman–Crippen MR) is 79.7 cm³/mol. The van der Waals surface area contributed by atoms with Crippen LogP contribution in [0.5, 0.6) is 0 Å². The van der Waals surface area contributed by atoms with Gasteiger partial charge in [0.05, 0.1) is 12.8 Å². The van der Waals surface area contributed by atoms with Crippen LogP contribution in [0.15, 0.2) is 34.9 Å². The van der Waals surface area contributed by atoms with Crippen LogP contribution in [-0.2, 0) is 19.5 Å². The average molecular weight is 286 g/mol. The van der Waals surface area contributed by atoms with Crippen molar-refractivity contribution in [2.24, 2.45) is 0 Å². The molecule has 1 saturated carbocycles. The van der Waals surface area contributed by atoms with Crippen LogP contribution in [0.2, 0.25) is 0 Å². The molecule has 1 aliphatic carbocycles. The summed E-state index contributed by atoms with van der Waals surface area (Å²) in [6.07, 6.45) is 5.39. The van der Waals surface area contributed by atoms with Gasteiger partial charge in [0.15, 0.2) is 0 Å². The van der Waals surface area contributed by atoms with Gasteiger partial charge in [-0.1, -0.05) is 6.07 Å². The summed E-state index contributed by atoms with van der Waals surface area (Å²) in [5.41, 5.74) is 3.41. The Morgan fingerprint density at radius 2 is 2.19 bits per heavy atom. The molecule has 21 heavy (non-hydrogen) atoms. The van der Waals surface area contributed by atoms with E-state index in [9.17, 15) is 4.39 Å². The number of anilines is 1. The van der Waals surface area contributed by atoms with Crippen molar-refractivity contribution in [3.05, 3.63) is 53.2 Å². The summed E-state index contributed by atoms with van der Waals surface area (Å²) in [7, 11) is 0. The fraction of sp³-hybridized carbons (Fsp3) is 0.412. The Labute approximate surface area is 123 Å². The summed E-state index contributed by atoms with van der Waals surface area (Å²) < 4.78 is 19.1. The molecule has 0 amide bonds. The van der Waals surface area contributed by atoms with E-state index >= 15 is 0 Å². The van der Waals surface area contributed by atoms with Gasteiger partial charge < -0.3 is 14.6 Å². The Morgan fingerprint density at radius 1 is 1.29 bits per heavy atom. The van der Waals surface area contributed by atoms with E-state index in [2.05, 4.69) is 16.3 Å². The highest BCUT2D eigenvalue weighted by Crippen LogP contribution is 2.30. The van der Waals surface area contributed by atoms with Gasteiger partial charge >= 0.3 is 0 Å². The van der Waals surface area contributed by atoms with Crippen molar-refractivity contribution >= 4 is 5.69 Å². The summed E-state index contributed by atoms with van der Waals surface area (Å²) >= 11 is 0. The van der Waals surface area contributed by atoms with Crippen LogP contribution >= 0.6 is 0 Å². The van der Waals surface area contributed by atoms with E-state index in [-0.39, 0.29) is 5.82 Å². The number of benzene rings is 1. The van der Waals surface area contributed by atoms with Crippen molar-refractivity contribution < 1.29 is 8.81 Å². The van der Waals surface area contributed by atoms with Gasteiger partial charge in [-0.25, -0.2) is 4.39 Å². The molecular weight excluding hydrogens is 267 g/mol. The second-order valence-corrected chi connectivity index (χ2v) is 6.02. The lowest BCUT2D eigenvalue weighted by Crippen LogP contribution is -2.19. The molecule has 1 N–H and O–H groups in total. The first kappa shape index (κ1) is 12.9. The standard InChI is InChI=1S/C17H19FN2O/c18-14-2-1-13-5-6-20(17(13)8-14)10-16-7-12(11-21-16)9-19-15-3-4-15/h1-2,7-8,11,15,19H,3-6,9-10H2. The number of hydrogen-bond donors (Lipinski definition) is 1. The molecule has 0 atom stereocenters. The number of nitrogens with zero attached hydrogens (tertiary/aromatic N) is 1. The minimum Gasteiger partial charge on any atom is -0.467 e. The lowest BCUT2D eigenvalue weighted by molar-refractivity contribution is 0.501. The summed E-state index contributed by atoms with van der Waals surface area (Å²) in [6.45, 7) is 2.51. The maximum absolute atomic E-state index is 13.4. The first-order valence-electron chi connectivity index (χ1n) is 7.61. The molecule has 110 valence electrons. The van der Waals surface area contributed by atoms with Crippen LogP contribution in [-0.4, -0.2) is 12.6 Å². The molecule has 4 rings (SSSR count). The Hall–Kier alpha value is -1.81. The van der Waals surface area contributed by atoms with Crippen LogP contribution < -0.4 is 10.2 Å². The van der Waals surface area contributed by atoms with Gasteiger partial charge in [-0.15, -0.1) is 0 Å². The average Bonchev–Trinajstić information content (AvgIpc) is 3.08. The highest BCUT2D eigenvalue weighted by molar-refractivity contribution is 5.58. The van der Waals surface area contributed by atoms with Gasteiger partial charge in [-0.3, -0.25) is 0 Å². The molecule has 0 spiro atoms. The molecule has 1 aromatic heterocycles. The van der Waals surface area contributed by atoms with Crippen LogP contribution in [0.3, 0.4) is 0 Å². The Bertz CT molecular complexity index is 648. The summed E-state index contributed by atoms with van der Waals surface area (Å²) in [6, 6.07) is 7.86. The number of furan rings is 1. The van der Waals surface area contributed by atoms with Gasteiger partial charge in [0.2, 0.25) is 0 Å². The minimum atomic E-state index is -0.172. The Balaban J connectivity index is 1.43. The van der Waals surface area contributed by atoms with Crippen LogP contribution in [0.4, 0.5) is 10.1 Å². The quantitative estimate of drug-likeness (QED) is 0.914. The Kier molecular flexibility index (Phi) is 3.19. The van der Waals surface area contributed by atoms with Gasteiger partial charge in [0.1, 0.15) is 11.6 Å². The molecule has 0 bridgehead atoms. The third kappa shape index (κ3) is 2.81. The molecule has 1 fully saturated rings. The zero-order chi connectivity index (χ0) is 14.2. The topological polar surface area (TPSA) is 28.4 Å². The molecule has 0 unspecified atom stereocenters. The summed E-state index contributed by atoms with van der Waals surface area (Å²) in [5.74, 6) is 0.772. The number of nitrogens with one attached hydrogen (secondary N) is 1. The SMILES string of the molecule is Fc1ccc2c(c1)N(Cc1cc(CNC3CC3)co1)CC2. The lowest BCUT2D eigenvalue weighted by atomic mass is 10.2. The molecule has 4 heteroatoms. The molecule has 2 aliphatic rings. The van der Waals surface area contributed by atoms with E-state index < -0.39 is 0 Å². The van der Waals surface area contributed by atoms with Gasteiger partial charge in [-0.2, -0.15) is 0 Å². The normalized spacial score (nSPS) is 17.3. The largest absolute Gasteiger partial charge is 0.467 e. The van der Waals surface area contributed by atoms with Crippen molar-refractivity contribution in [2.45, 2.75) is 38.4 Å². The van der Waals surface area contributed by atoms with Gasteiger partial charge in [0.25, 0.3) is 0 Å². The van der Waals surface area contributed by atoms with E-state index in [1.165, 1.54) is 30.0 Å². The summed E-state index contributed by atoms with van der Waals surface area (Å²) in [4.78, 5) is 2.19. The van der Waals surface area contributed by atoms with Crippen molar-refractivity contribution in [3.8, 4) is 0 Å². The van der Waals surface area contributed by atoms with Crippen LogP contribution in [0.25, 0.3) is 0 Å². The van der Waals surface area contributed by atoms with Gasteiger partial charge in [0, 0.05) is 30.4 Å². The van der Waals surface area contributed by atoms with Crippen LogP contribution in [0, 0.1) is 5.82 Å². The zero-order valence-electron chi connectivity index (χ0n) is 11.9. The van der Waals surface area contributed by atoms with E-state index in [0.29, 0.717) is 12.6 Å². The highest BCUT2D eigenvalue weighted by atomic mass is 19.1. The molecule has 1 aromatic carbocycles. The van der Waals surface area contributed by atoms with Crippen molar-refractivity contribution in [2.75, 3.05) is 11.4 Å². The van der Waals surface area contributed by atoms with Crippen LogP contribution in [0.1, 0.15) is 29.7 Å². The van der Waals surface area contributed by atoms with Crippen molar-refractivity contribution in [1.29, 1.82) is 0 Å². The number of fused-ring (bicyclic) bond motifs is 1. The first-order valence-corrected chi connectivity index (χ1v) is 7.61. The molecule has 0 saturated heterocycles. The fourth-order valence-corrected chi connectivity index (χ4v) is 2.92. The fourth-order valence-electron chi connectivity index (χ4n) is 2.92. The highest BCUT2D eigenvalue weighted by Gasteiger charge is 2.22. The summed E-state index contributed by atoms with van der Waals surface area (Å²) in [5, 5.41) is 3.48. The number of rotatable bonds is 5. The van der Waals surface area contributed by atoms with E-state index in [0.717, 1.165) is 31.0 Å². The van der Waals surface area contributed by atoms with Crippen molar-refractivity contribution in [3.63, 3.8) is 0 Å². The molecule has 1 aliphatic heterocycles. The maximum atomic E-state index is 13.4. The van der Waals surface area contributed by atoms with Gasteiger partial charge in [-0.05, 0) is 43.0 Å². The molecular formula is C17H19FN2O. The third-order valence-corrected chi connectivity index (χ3v) is 4.27. The third-order valence-electron chi connectivity index (χ3n) is 4.27. The van der Waals surface area contributed by atoms with E-state index in [4.69, 9.17) is 4.42 Å². The first-order chi connectivity index (χ1) is 10.3. The Morgan fingerprint density at radius 3 is 3.05 bits per heavy atom.